The summed E-state index contributed by atoms with van der Waals surface area (Å²) >= 11 is 0. The van der Waals surface area contributed by atoms with Crippen molar-refractivity contribution in [3.63, 3.8) is 0 Å². The van der Waals surface area contributed by atoms with E-state index in [9.17, 15) is 4.79 Å². The Hall–Kier alpha value is -0.870. The molecule has 1 rings (SSSR count). The van der Waals surface area contributed by atoms with Crippen LogP contribution in [0, 0.1) is 5.92 Å². The van der Waals surface area contributed by atoms with Gasteiger partial charge in [-0.05, 0) is 52.4 Å². The van der Waals surface area contributed by atoms with E-state index >= 15 is 0 Å². The van der Waals surface area contributed by atoms with Gasteiger partial charge in [0.15, 0.2) is 0 Å². The summed E-state index contributed by atoms with van der Waals surface area (Å²) in [5.74, 6) is 0.631. The normalized spacial score (nSPS) is 18.9. The largest absolute Gasteiger partial charge is 0.466 e. The molecule has 0 amide bonds. The van der Waals surface area contributed by atoms with Gasteiger partial charge in [-0.15, -0.1) is 0 Å². The molecular formula is C15H28N2O2. The van der Waals surface area contributed by atoms with Crippen molar-refractivity contribution >= 4 is 5.97 Å². The third kappa shape index (κ3) is 5.74. The lowest BCUT2D eigenvalue weighted by Crippen LogP contribution is -2.37. The predicted octanol–water partition coefficient (Wildman–Crippen LogP) is 1.77. The van der Waals surface area contributed by atoms with Crippen molar-refractivity contribution in [3.05, 3.63) is 11.6 Å². The van der Waals surface area contributed by atoms with Crippen LogP contribution < -0.4 is 0 Å². The number of methoxy groups -OCH3 is 1. The lowest BCUT2D eigenvalue weighted by Gasteiger charge is -2.32. The summed E-state index contributed by atoms with van der Waals surface area (Å²) < 4.78 is 4.77. The zero-order chi connectivity index (χ0) is 14.3. The quantitative estimate of drug-likeness (QED) is 0.543. The second kappa shape index (κ2) is 8.33. The highest BCUT2D eigenvalue weighted by Gasteiger charge is 2.19. The van der Waals surface area contributed by atoms with E-state index in [-0.39, 0.29) is 5.97 Å². The highest BCUT2D eigenvalue weighted by molar-refractivity contribution is 5.88. The Bertz CT molecular complexity index is 305. The second-order valence-electron chi connectivity index (χ2n) is 5.58. The van der Waals surface area contributed by atoms with Gasteiger partial charge in [-0.2, -0.15) is 0 Å². The minimum Gasteiger partial charge on any atom is -0.466 e. The van der Waals surface area contributed by atoms with E-state index in [0.717, 1.165) is 37.5 Å². The molecule has 0 spiro atoms. The number of hydrogen-bond acceptors (Lipinski definition) is 4. The van der Waals surface area contributed by atoms with Gasteiger partial charge in [0.2, 0.25) is 0 Å². The molecule has 1 aliphatic heterocycles. The van der Waals surface area contributed by atoms with Crippen molar-refractivity contribution in [2.75, 3.05) is 47.4 Å². The predicted molar refractivity (Wildman–Crippen MR) is 78.1 cm³/mol. The standard InChI is InChI=1S/C15H28N2O2/c1-5-14(15(18)19-4)8-11-17-9-6-13(7-10-17)12-16(2)3/h8,13H,5-7,9-12H2,1-4H3. The molecule has 110 valence electrons. The summed E-state index contributed by atoms with van der Waals surface area (Å²) in [5.41, 5.74) is 0.790. The van der Waals surface area contributed by atoms with Crippen molar-refractivity contribution in [1.82, 2.24) is 9.80 Å². The van der Waals surface area contributed by atoms with E-state index in [1.54, 1.807) is 0 Å². The van der Waals surface area contributed by atoms with E-state index < -0.39 is 0 Å². The number of carbonyl (C=O) groups is 1. The van der Waals surface area contributed by atoms with Crippen LogP contribution in [0.5, 0.6) is 0 Å². The molecule has 0 atom stereocenters. The molecule has 0 unspecified atom stereocenters. The number of esters is 1. The first kappa shape index (κ1) is 16.2. The Labute approximate surface area is 117 Å². The van der Waals surface area contributed by atoms with Crippen LogP contribution >= 0.6 is 0 Å². The maximum Gasteiger partial charge on any atom is 0.333 e. The van der Waals surface area contributed by atoms with Crippen molar-refractivity contribution in [2.24, 2.45) is 5.92 Å². The highest BCUT2D eigenvalue weighted by Crippen LogP contribution is 2.17. The summed E-state index contributed by atoms with van der Waals surface area (Å²) in [6.07, 6.45) is 5.28. The van der Waals surface area contributed by atoms with Crippen LogP contribution in [0.2, 0.25) is 0 Å². The SMILES string of the molecule is CCC(=CCN1CCC(CN(C)C)CC1)C(=O)OC. The Morgan fingerprint density at radius 2 is 2.00 bits per heavy atom. The number of rotatable bonds is 6. The maximum atomic E-state index is 11.5. The molecular weight excluding hydrogens is 240 g/mol. The van der Waals surface area contributed by atoms with Gasteiger partial charge in [0.1, 0.15) is 0 Å². The van der Waals surface area contributed by atoms with Crippen LogP contribution in [0.1, 0.15) is 26.2 Å². The summed E-state index contributed by atoms with van der Waals surface area (Å²) in [6.45, 7) is 6.31. The fraction of sp³-hybridized carbons (Fsp3) is 0.800. The molecule has 0 aromatic heterocycles. The van der Waals surface area contributed by atoms with Gasteiger partial charge in [0.25, 0.3) is 0 Å². The maximum absolute atomic E-state index is 11.5. The molecule has 1 heterocycles. The van der Waals surface area contributed by atoms with Gasteiger partial charge < -0.3 is 9.64 Å². The summed E-state index contributed by atoms with van der Waals surface area (Å²) in [5, 5.41) is 0. The lowest BCUT2D eigenvalue weighted by molar-refractivity contribution is -0.136. The zero-order valence-electron chi connectivity index (χ0n) is 12.8. The number of hydrogen-bond donors (Lipinski definition) is 0. The van der Waals surface area contributed by atoms with Crippen LogP contribution in [-0.4, -0.2) is 63.2 Å². The third-order valence-corrected chi connectivity index (χ3v) is 3.75. The molecule has 4 nitrogen and oxygen atoms in total. The molecule has 0 N–H and O–H groups in total. The number of nitrogens with zero attached hydrogens (tertiary/aromatic N) is 2. The molecule has 0 aromatic carbocycles. The summed E-state index contributed by atoms with van der Waals surface area (Å²) in [7, 11) is 5.72. The van der Waals surface area contributed by atoms with Crippen molar-refractivity contribution in [3.8, 4) is 0 Å². The van der Waals surface area contributed by atoms with Gasteiger partial charge in [-0.25, -0.2) is 4.79 Å². The Kier molecular flexibility index (Phi) is 7.10. The van der Waals surface area contributed by atoms with Crippen molar-refractivity contribution in [1.29, 1.82) is 0 Å². The van der Waals surface area contributed by atoms with Gasteiger partial charge in [0.05, 0.1) is 7.11 Å². The number of piperidine rings is 1. The van der Waals surface area contributed by atoms with Gasteiger partial charge >= 0.3 is 5.97 Å². The van der Waals surface area contributed by atoms with Gasteiger partial charge in [-0.3, -0.25) is 4.90 Å². The van der Waals surface area contributed by atoms with E-state index in [1.165, 1.54) is 26.5 Å². The van der Waals surface area contributed by atoms with Crippen LogP contribution in [0.25, 0.3) is 0 Å². The van der Waals surface area contributed by atoms with Crippen LogP contribution in [-0.2, 0) is 9.53 Å². The number of ether oxygens (including phenoxy) is 1. The Morgan fingerprint density at radius 3 is 2.47 bits per heavy atom. The second-order valence-corrected chi connectivity index (χ2v) is 5.58. The van der Waals surface area contributed by atoms with Crippen LogP contribution in [0.15, 0.2) is 11.6 Å². The topological polar surface area (TPSA) is 32.8 Å². The minimum absolute atomic E-state index is 0.190. The molecule has 0 aliphatic carbocycles. The average Bonchev–Trinajstić information content (AvgIpc) is 2.40. The lowest BCUT2D eigenvalue weighted by atomic mass is 9.96. The molecule has 0 aromatic rings. The zero-order valence-corrected chi connectivity index (χ0v) is 12.8. The average molecular weight is 268 g/mol. The van der Waals surface area contributed by atoms with Gasteiger partial charge in [-0.1, -0.05) is 13.0 Å². The van der Waals surface area contributed by atoms with Crippen molar-refractivity contribution < 1.29 is 9.53 Å². The Morgan fingerprint density at radius 1 is 1.37 bits per heavy atom. The smallest absolute Gasteiger partial charge is 0.333 e. The number of carbonyl (C=O) groups excluding carboxylic acids is 1. The monoisotopic (exact) mass is 268 g/mol. The Balaban J connectivity index is 2.36. The van der Waals surface area contributed by atoms with Crippen LogP contribution in [0.3, 0.4) is 0 Å². The molecule has 1 saturated heterocycles. The van der Waals surface area contributed by atoms with E-state index in [1.807, 2.05) is 13.0 Å². The fourth-order valence-corrected chi connectivity index (χ4v) is 2.61. The molecule has 0 radical (unpaired) electrons. The van der Waals surface area contributed by atoms with Gasteiger partial charge in [0, 0.05) is 18.7 Å². The number of likely N-dealkylation sites (tertiary alicyclic amines) is 1. The van der Waals surface area contributed by atoms with E-state index in [0.29, 0.717) is 0 Å². The fourth-order valence-electron chi connectivity index (χ4n) is 2.61. The molecule has 1 aliphatic rings. The summed E-state index contributed by atoms with van der Waals surface area (Å²) in [4.78, 5) is 16.2. The molecule has 4 heteroatoms. The van der Waals surface area contributed by atoms with Crippen molar-refractivity contribution in [2.45, 2.75) is 26.2 Å². The third-order valence-electron chi connectivity index (χ3n) is 3.75. The summed E-state index contributed by atoms with van der Waals surface area (Å²) in [6, 6.07) is 0. The molecule has 1 fully saturated rings. The first-order chi connectivity index (χ1) is 9.06. The highest BCUT2D eigenvalue weighted by atomic mass is 16.5. The van der Waals surface area contributed by atoms with E-state index in [2.05, 4.69) is 23.9 Å². The first-order valence-electron chi connectivity index (χ1n) is 7.21. The van der Waals surface area contributed by atoms with Crippen LogP contribution in [0.4, 0.5) is 0 Å². The molecule has 19 heavy (non-hydrogen) atoms. The molecule has 0 bridgehead atoms. The first-order valence-corrected chi connectivity index (χ1v) is 7.21. The van der Waals surface area contributed by atoms with E-state index in [4.69, 9.17) is 4.74 Å². The minimum atomic E-state index is -0.190. The molecule has 0 saturated carbocycles.